The van der Waals surface area contributed by atoms with E-state index in [-0.39, 0.29) is 11.8 Å². The number of anilines is 1. The standard InChI is InChI=1S/C17H18N2O2S/c1-11-18-15(10-22-11)12-2-3-16-13(8-12)4-6-19(16)17(20)14-5-7-21-9-14/h2-3,8,10,14H,4-7,9H2,1H3/t14-/m1/s1. The second-order valence-electron chi connectivity index (χ2n) is 5.90. The number of hydrogen-bond donors (Lipinski definition) is 0. The van der Waals surface area contributed by atoms with E-state index in [0.717, 1.165) is 41.3 Å². The number of amides is 1. The molecule has 2 aromatic rings. The van der Waals surface area contributed by atoms with Gasteiger partial charge in [-0.2, -0.15) is 0 Å². The highest BCUT2D eigenvalue weighted by Gasteiger charge is 2.32. The van der Waals surface area contributed by atoms with Crippen LogP contribution in [-0.4, -0.2) is 30.6 Å². The van der Waals surface area contributed by atoms with Crippen molar-refractivity contribution in [2.45, 2.75) is 19.8 Å². The number of benzene rings is 1. The molecule has 0 spiro atoms. The van der Waals surface area contributed by atoms with Gasteiger partial charge in [0, 0.05) is 29.8 Å². The Kier molecular flexibility index (Phi) is 3.47. The second-order valence-corrected chi connectivity index (χ2v) is 6.96. The van der Waals surface area contributed by atoms with Crippen molar-refractivity contribution in [2.24, 2.45) is 5.92 Å². The zero-order chi connectivity index (χ0) is 15.1. The Labute approximate surface area is 133 Å². The Balaban J connectivity index is 1.61. The Morgan fingerprint density at radius 1 is 1.45 bits per heavy atom. The summed E-state index contributed by atoms with van der Waals surface area (Å²) in [5.41, 5.74) is 4.48. The van der Waals surface area contributed by atoms with Crippen LogP contribution in [0.4, 0.5) is 5.69 Å². The van der Waals surface area contributed by atoms with Gasteiger partial charge in [0.15, 0.2) is 0 Å². The average molecular weight is 314 g/mol. The fourth-order valence-corrected chi connectivity index (χ4v) is 3.86. The molecule has 114 valence electrons. The molecule has 5 heteroatoms. The number of aromatic nitrogens is 1. The highest BCUT2D eigenvalue weighted by molar-refractivity contribution is 7.09. The normalized spacial score (nSPS) is 20.4. The minimum Gasteiger partial charge on any atom is -0.381 e. The topological polar surface area (TPSA) is 42.4 Å². The Morgan fingerprint density at radius 3 is 3.09 bits per heavy atom. The quantitative estimate of drug-likeness (QED) is 0.855. The first-order chi connectivity index (χ1) is 10.7. The van der Waals surface area contributed by atoms with Crippen LogP contribution in [0.5, 0.6) is 0 Å². The number of hydrogen-bond acceptors (Lipinski definition) is 4. The molecule has 0 bridgehead atoms. The van der Waals surface area contributed by atoms with Gasteiger partial charge >= 0.3 is 0 Å². The van der Waals surface area contributed by atoms with Crippen LogP contribution in [-0.2, 0) is 16.0 Å². The smallest absolute Gasteiger partial charge is 0.232 e. The first kappa shape index (κ1) is 13.9. The molecule has 1 aromatic carbocycles. The lowest BCUT2D eigenvalue weighted by atomic mass is 10.1. The largest absolute Gasteiger partial charge is 0.381 e. The zero-order valence-electron chi connectivity index (χ0n) is 12.5. The molecular weight excluding hydrogens is 296 g/mol. The summed E-state index contributed by atoms with van der Waals surface area (Å²) in [6.07, 6.45) is 1.77. The number of thiazole rings is 1. The van der Waals surface area contributed by atoms with Gasteiger partial charge in [-0.05, 0) is 37.5 Å². The van der Waals surface area contributed by atoms with Crippen LogP contribution in [0.2, 0.25) is 0 Å². The molecule has 0 unspecified atom stereocenters. The highest BCUT2D eigenvalue weighted by atomic mass is 32.1. The van der Waals surface area contributed by atoms with Crippen molar-refractivity contribution in [3.05, 3.63) is 34.2 Å². The van der Waals surface area contributed by atoms with Crippen molar-refractivity contribution in [2.75, 3.05) is 24.7 Å². The van der Waals surface area contributed by atoms with Gasteiger partial charge in [0.25, 0.3) is 0 Å². The van der Waals surface area contributed by atoms with Gasteiger partial charge in [-0.1, -0.05) is 6.07 Å². The number of aryl methyl sites for hydroxylation is 1. The molecule has 1 fully saturated rings. The molecule has 0 radical (unpaired) electrons. The van der Waals surface area contributed by atoms with E-state index >= 15 is 0 Å². The molecule has 1 atom stereocenters. The lowest BCUT2D eigenvalue weighted by molar-refractivity contribution is -0.122. The number of fused-ring (bicyclic) bond motifs is 1. The maximum Gasteiger partial charge on any atom is 0.232 e. The maximum atomic E-state index is 12.6. The fourth-order valence-electron chi connectivity index (χ4n) is 3.24. The molecular formula is C17H18N2O2S. The Hall–Kier alpha value is -1.72. The van der Waals surface area contributed by atoms with E-state index in [1.165, 1.54) is 5.56 Å². The molecule has 22 heavy (non-hydrogen) atoms. The molecule has 2 aliphatic rings. The van der Waals surface area contributed by atoms with Gasteiger partial charge in [0.2, 0.25) is 5.91 Å². The van der Waals surface area contributed by atoms with Crippen LogP contribution in [0.3, 0.4) is 0 Å². The maximum absolute atomic E-state index is 12.6. The fraction of sp³-hybridized carbons (Fsp3) is 0.412. The van der Waals surface area contributed by atoms with Crippen LogP contribution < -0.4 is 4.90 Å². The van der Waals surface area contributed by atoms with Crippen molar-refractivity contribution in [3.8, 4) is 11.3 Å². The van der Waals surface area contributed by atoms with E-state index in [2.05, 4.69) is 28.6 Å². The summed E-state index contributed by atoms with van der Waals surface area (Å²) in [4.78, 5) is 19.1. The number of nitrogens with zero attached hydrogens (tertiary/aromatic N) is 2. The van der Waals surface area contributed by atoms with E-state index < -0.39 is 0 Å². The van der Waals surface area contributed by atoms with E-state index in [4.69, 9.17) is 4.74 Å². The third-order valence-electron chi connectivity index (χ3n) is 4.43. The van der Waals surface area contributed by atoms with E-state index in [1.807, 2.05) is 11.8 Å². The lowest BCUT2D eigenvalue weighted by Crippen LogP contribution is -2.35. The predicted octanol–water partition coefficient (Wildman–Crippen LogP) is 3.04. The van der Waals surface area contributed by atoms with Crippen molar-refractivity contribution >= 4 is 22.9 Å². The Morgan fingerprint density at radius 2 is 2.36 bits per heavy atom. The zero-order valence-corrected chi connectivity index (χ0v) is 13.4. The minimum atomic E-state index is 0.0341. The van der Waals surface area contributed by atoms with E-state index in [9.17, 15) is 4.79 Å². The van der Waals surface area contributed by atoms with Gasteiger partial charge in [-0.3, -0.25) is 4.79 Å². The molecule has 3 heterocycles. The van der Waals surface area contributed by atoms with Crippen molar-refractivity contribution < 1.29 is 9.53 Å². The molecule has 1 aromatic heterocycles. The molecule has 4 nitrogen and oxygen atoms in total. The Bertz CT molecular complexity index is 719. The summed E-state index contributed by atoms with van der Waals surface area (Å²) < 4.78 is 5.35. The average Bonchev–Trinajstić information content (AvgIpc) is 3.26. The number of carbonyl (C=O) groups is 1. The molecule has 0 aliphatic carbocycles. The minimum absolute atomic E-state index is 0.0341. The SMILES string of the molecule is Cc1nc(-c2ccc3c(c2)CCN3C(=O)[C@@H]2CCOC2)cs1. The first-order valence-corrected chi connectivity index (χ1v) is 8.55. The summed E-state index contributed by atoms with van der Waals surface area (Å²) in [6.45, 7) is 4.08. The van der Waals surface area contributed by atoms with Gasteiger partial charge < -0.3 is 9.64 Å². The molecule has 2 aliphatic heterocycles. The van der Waals surface area contributed by atoms with Crippen LogP contribution in [0.25, 0.3) is 11.3 Å². The molecule has 1 amide bonds. The highest BCUT2D eigenvalue weighted by Crippen LogP contribution is 2.34. The monoisotopic (exact) mass is 314 g/mol. The van der Waals surface area contributed by atoms with Crippen LogP contribution >= 0.6 is 11.3 Å². The van der Waals surface area contributed by atoms with Crippen molar-refractivity contribution in [3.63, 3.8) is 0 Å². The molecule has 4 rings (SSSR count). The van der Waals surface area contributed by atoms with Gasteiger partial charge in [0.05, 0.1) is 23.2 Å². The predicted molar refractivity (Wildman–Crippen MR) is 87.3 cm³/mol. The van der Waals surface area contributed by atoms with Crippen molar-refractivity contribution in [1.29, 1.82) is 0 Å². The van der Waals surface area contributed by atoms with Crippen molar-refractivity contribution in [1.82, 2.24) is 4.98 Å². The summed E-state index contributed by atoms with van der Waals surface area (Å²) in [7, 11) is 0. The lowest BCUT2D eigenvalue weighted by Gasteiger charge is -2.20. The van der Waals surface area contributed by atoms with Crippen LogP contribution in [0, 0.1) is 12.8 Å². The van der Waals surface area contributed by atoms with Gasteiger partial charge in [-0.15, -0.1) is 11.3 Å². The van der Waals surface area contributed by atoms with Gasteiger partial charge in [0.1, 0.15) is 0 Å². The van der Waals surface area contributed by atoms with Crippen LogP contribution in [0.1, 0.15) is 17.0 Å². The molecule has 0 saturated carbocycles. The first-order valence-electron chi connectivity index (χ1n) is 7.67. The number of carbonyl (C=O) groups excluding carboxylic acids is 1. The summed E-state index contributed by atoms with van der Waals surface area (Å²) in [5.74, 6) is 0.250. The summed E-state index contributed by atoms with van der Waals surface area (Å²) in [5, 5.41) is 3.17. The number of rotatable bonds is 2. The molecule has 0 N–H and O–H groups in total. The second kappa shape index (κ2) is 5.48. The third kappa shape index (κ3) is 2.34. The third-order valence-corrected chi connectivity index (χ3v) is 5.21. The van der Waals surface area contributed by atoms with E-state index in [1.54, 1.807) is 11.3 Å². The van der Waals surface area contributed by atoms with Crippen LogP contribution in [0.15, 0.2) is 23.6 Å². The van der Waals surface area contributed by atoms with E-state index in [0.29, 0.717) is 13.2 Å². The molecule has 1 saturated heterocycles. The summed E-state index contributed by atoms with van der Waals surface area (Å²) in [6, 6.07) is 6.33. The number of ether oxygens (including phenoxy) is 1. The van der Waals surface area contributed by atoms with Gasteiger partial charge in [-0.25, -0.2) is 4.98 Å². The summed E-state index contributed by atoms with van der Waals surface area (Å²) >= 11 is 1.67.